The molecule has 0 aromatic heterocycles. The highest BCUT2D eigenvalue weighted by Gasteiger charge is 2.10. The maximum atomic E-state index is 8.42. The average molecular weight is 133 g/mol. The third-order valence-electron chi connectivity index (χ3n) is 1.47. The van der Waals surface area contributed by atoms with E-state index in [-0.39, 0.29) is 5.57 Å². The van der Waals surface area contributed by atoms with Gasteiger partial charge in [-0.05, 0) is 12.8 Å². The molecule has 1 aliphatic heterocycles. The maximum absolute atomic E-state index is 8.42. The maximum Gasteiger partial charge on any atom is 0.148 e. The van der Waals surface area contributed by atoms with E-state index < -0.39 is 0 Å². The Morgan fingerprint density at radius 1 is 1.40 bits per heavy atom. The Morgan fingerprint density at radius 3 is 2.50 bits per heavy atom. The van der Waals surface area contributed by atoms with Gasteiger partial charge in [-0.15, -0.1) is 0 Å². The first-order valence-electron chi connectivity index (χ1n) is 3.15. The van der Waals surface area contributed by atoms with Crippen LogP contribution in [0.4, 0.5) is 0 Å². The Hall–Kier alpha value is -1.48. The summed E-state index contributed by atoms with van der Waals surface area (Å²) in [5.41, 5.74) is 1.04. The Bertz CT molecular complexity index is 215. The van der Waals surface area contributed by atoms with Gasteiger partial charge in [0.1, 0.15) is 17.7 Å². The normalized spacial score (nSPS) is 15.2. The van der Waals surface area contributed by atoms with Crippen molar-refractivity contribution in [1.29, 1.82) is 10.5 Å². The van der Waals surface area contributed by atoms with E-state index in [4.69, 9.17) is 10.5 Å². The van der Waals surface area contributed by atoms with Gasteiger partial charge in [0.2, 0.25) is 0 Å². The average Bonchev–Trinajstić information content (AvgIpc) is 2.43. The summed E-state index contributed by atoms with van der Waals surface area (Å²) in [4.78, 5) is 0. The predicted molar refractivity (Wildman–Crippen MR) is 35.5 cm³/mol. The molecule has 0 aromatic rings. The number of hydrogen-bond acceptors (Lipinski definition) is 3. The van der Waals surface area contributed by atoms with Crippen LogP contribution in [-0.4, -0.2) is 6.54 Å². The van der Waals surface area contributed by atoms with Crippen molar-refractivity contribution in [1.82, 2.24) is 5.32 Å². The van der Waals surface area contributed by atoms with Crippen molar-refractivity contribution in [3.63, 3.8) is 0 Å². The molecule has 1 fully saturated rings. The van der Waals surface area contributed by atoms with Gasteiger partial charge in [0.15, 0.2) is 0 Å². The van der Waals surface area contributed by atoms with Gasteiger partial charge in [-0.25, -0.2) is 0 Å². The molecule has 1 saturated heterocycles. The van der Waals surface area contributed by atoms with Gasteiger partial charge in [-0.1, -0.05) is 0 Å². The van der Waals surface area contributed by atoms with Crippen molar-refractivity contribution in [2.45, 2.75) is 12.8 Å². The van der Waals surface area contributed by atoms with E-state index in [1.807, 2.05) is 12.1 Å². The molecular weight excluding hydrogens is 126 g/mol. The quantitative estimate of drug-likeness (QED) is 0.494. The van der Waals surface area contributed by atoms with E-state index in [1.54, 1.807) is 0 Å². The molecule has 0 amide bonds. The summed E-state index contributed by atoms with van der Waals surface area (Å²) >= 11 is 0. The highest BCUT2D eigenvalue weighted by atomic mass is 14.9. The van der Waals surface area contributed by atoms with Crippen LogP contribution >= 0.6 is 0 Å². The van der Waals surface area contributed by atoms with Crippen molar-refractivity contribution in [3.8, 4) is 12.1 Å². The Morgan fingerprint density at radius 2 is 2.10 bits per heavy atom. The van der Waals surface area contributed by atoms with Crippen LogP contribution in [0.5, 0.6) is 0 Å². The lowest BCUT2D eigenvalue weighted by Crippen LogP contribution is -2.05. The molecule has 0 bridgehead atoms. The van der Waals surface area contributed by atoms with Crippen molar-refractivity contribution < 1.29 is 0 Å². The number of nitrogens with one attached hydrogen (secondary N) is 1. The van der Waals surface area contributed by atoms with Gasteiger partial charge in [-0.2, -0.15) is 10.5 Å². The molecule has 1 N–H and O–H groups in total. The van der Waals surface area contributed by atoms with Crippen LogP contribution in [0.3, 0.4) is 0 Å². The molecule has 0 saturated carbocycles. The second-order valence-electron chi connectivity index (χ2n) is 2.11. The smallest absolute Gasteiger partial charge is 0.148 e. The minimum Gasteiger partial charge on any atom is -0.387 e. The molecule has 0 aromatic carbocycles. The monoisotopic (exact) mass is 133 g/mol. The van der Waals surface area contributed by atoms with Crippen LogP contribution in [-0.2, 0) is 0 Å². The molecule has 0 unspecified atom stereocenters. The minimum atomic E-state index is 0.234. The first-order chi connectivity index (χ1) is 4.88. The molecule has 10 heavy (non-hydrogen) atoms. The van der Waals surface area contributed by atoms with Gasteiger partial charge in [0.25, 0.3) is 0 Å². The van der Waals surface area contributed by atoms with Crippen LogP contribution < -0.4 is 5.32 Å². The lowest BCUT2D eigenvalue weighted by atomic mass is 10.2. The van der Waals surface area contributed by atoms with E-state index in [2.05, 4.69) is 5.32 Å². The Labute approximate surface area is 59.6 Å². The number of nitriles is 2. The van der Waals surface area contributed by atoms with Gasteiger partial charge >= 0.3 is 0 Å². The first kappa shape index (κ1) is 6.64. The zero-order valence-corrected chi connectivity index (χ0v) is 5.52. The highest BCUT2D eigenvalue weighted by Crippen LogP contribution is 2.12. The number of hydrogen-bond donors (Lipinski definition) is 1. The molecule has 1 aliphatic rings. The van der Waals surface area contributed by atoms with Gasteiger partial charge in [0.05, 0.1) is 0 Å². The summed E-state index contributed by atoms with van der Waals surface area (Å²) < 4.78 is 0. The fraction of sp³-hybridized carbons (Fsp3) is 0.429. The molecule has 0 aliphatic carbocycles. The largest absolute Gasteiger partial charge is 0.387 e. The highest BCUT2D eigenvalue weighted by molar-refractivity contribution is 5.40. The molecule has 0 atom stereocenters. The first-order valence-corrected chi connectivity index (χ1v) is 3.15. The van der Waals surface area contributed by atoms with Crippen molar-refractivity contribution >= 4 is 0 Å². The van der Waals surface area contributed by atoms with Crippen molar-refractivity contribution in [2.24, 2.45) is 0 Å². The number of nitrogens with zero attached hydrogens (tertiary/aromatic N) is 2. The molecule has 50 valence electrons. The van der Waals surface area contributed by atoms with E-state index in [1.165, 1.54) is 0 Å². The SMILES string of the molecule is N#CC(C#N)=C1CCCN1. The molecule has 0 radical (unpaired) electrons. The third kappa shape index (κ3) is 1.09. The molecule has 3 nitrogen and oxygen atoms in total. The molecular formula is C7H7N3. The van der Waals surface area contributed by atoms with Gasteiger partial charge in [-0.3, -0.25) is 0 Å². The van der Waals surface area contributed by atoms with Crippen LogP contribution in [0.25, 0.3) is 0 Å². The number of allylic oxidation sites excluding steroid dienone is 2. The van der Waals surface area contributed by atoms with E-state index >= 15 is 0 Å². The zero-order chi connectivity index (χ0) is 7.40. The molecule has 1 rings (SSSR count). The number of rotatable bonds is 0. The predicted octanol–water partition coefficient (Wildman–Crippen LogP) is 0.671. The van der Waals surface area contributed by atoms with Crippen LogP contribution in [0, 0.1) is 22.7 Å². The molecule has 3 heteroatoms. The zero-order valence-electron chi connectivity index (χ0n) is 5.52. The standard InChI is InChI=1S/C7H7N3/c8-4-6(5-9)7-2-1-3-10-7/h10H,1-3H2. The summed E-state index contributed by atoms with van der Waals surface area (Å²) in [5.74, 6) is 0. The second kappa shape index (κ2) is 2.89. The summed E-state index contributed by atoms with van der Waals surface area (Å²) in [6.07, 6.45) is 1.87. The van der Waals surface area contributed by atoms with Crippen molar-refractivity contribution in [2.75, 3.05) is 6.54 Å². The Kier molecular flexibility index (Phi) is 1.92. The van der Waals surface area contributed by atoms with E-state index in [0.29, 0.717) is 0 Å². The fourth-order valence-corrected chi connectivity index (χ4v) is 0.966. The van der Waals surface area contributed by atoms with Crippen molar-refractivity contribution in [3.05, 3.63) is 11.3 Å². The second-order valence-corrected chi connectivity index (χ2v) is 2.11. The van der Waals surface area contributed by atoms with Gasteiger partial charge in [0, 0.05) is 12.2 Å². The third-order valence-corrected chi connectivity index (χ3v) is 1.47. The summed E-state index contributed by atoms with van der Waals surface area (Å²) in [7, 11) is 0. The summed E-state index contributed by atoms with van der Waals surface area (Å²) in [6, 6.07) is 3.70. The fourth-order valence-electron chi connectivity index (χ4n) is 0.966. The summed E-state index contributed by atoms with van der Waals surface area (Å²) in [5, 5.41) is 19.8. The van der Waals surface area contributed by atoms with Crippen LogP contribution in [0.1, 0.15) is 12.8 Å². The summed E-state index contributed by atoms with van der Waals surface area (Å²) in [6.45, 7) is 0.891. The van der Waals surface area contributed by atoms with Gasteiger partial charge < -0.3 is 5.32 Å². The Balaban J connectivity index is 2.85. The topological polar surface area (TPSA) is 59.6 Å². The molecule has 0 spiro atoms. The minimum absolute atomic E-state index is 0.234. The molecule has 1 heterocycles. The van der Waals surface area contributed by atoms with Crippen LogP contribution in [0.2, 0.25) is 0 Å². The van der Waals surface area contributed by atoms with E-state index in [9.17, 15) is 0 Å². The lowest BCUT2D eigenvalue weighted by molar-refractivity contribution is 0.902. The lowest BCUT2D eigenvalue weighted by Gasteiger charge is -1.94. The van der Waals surface area contributed by atoms with E-state index in [0.717, 1.165) is 25.1 Å². The van der Waals surface area contributed by atoms with Crippen LogP contribution in [0.15, 0.2) is 11.3 Å².